The van der Waals surface area contributed by atoms with E-state index in [1.807, 2.05) is 13.8 Å². The Morgan fingerprint density at radius 3 is 2.28 bits per heavy atom. The highest BCUT2D eigenvalue weighted by Crippen LogP contribution is 2.32. The Morgan fingerprint density at radius 1 is 1.28 bits per heavy atom. The van der Waals surface area contributed by atoms with Crippen molar-refractivity contribution < 1.29 is 13.2 Å². The number of hydrogen-bond donors (Lipinski definition) is 0. The van der Waals surface area contributed by atoms with Crippen LogP contribution in [-0.4, -0.2) is 31.1 Å². The molecular formula is C13H19NO3S. The van der Waals surface area contributed by atoms with Gasteiger partial charge in [0.05, 0.1) is 11.0 Å². The van der Waals surface area contributed by atoms with E-state index in [1.165, 1.54) is 4.31 Å². The third kappa shape index (κ3) is 2.30. The Kier molecular flexibility index (Phi) is 3.25. The molecule has 0 bridgehead atoms. The predicted molar refractivity (Wildman–Crippen MR) is 69.7 cm³/mol. The van der Waals surface area contributed by atoms with Gasteiger partial charge in [-0.15, -0.1) is 0 Å². The Balaban J connectivity index is 2.40. The van der Waals surface area contributed by atoms with Crippen LogP contribution in [0.1, 0.15) is 26.3 Å². The van der Waals surface area contributed by atoms with Crippen LogP contribution in [-0.2, 0) is 14.8 Å². The van der Waals surface area contributed by atoms with Crippen molar-refractivity contribution >= 4 is 10.0 Å². The lowest BCUT2D eigenvalue weighted by molar-refractivity contribution is -0.0438. The number of rotatable bonds is 2. The van der Waals surface area contributed by atoms with E-state index in [4.69, 9.17) is 4.74 Å². The lowest BCUT2D eigenvalue weighted by atomic mass is 10.2. The number of ether oxygens (including phenoxy) is 1. The van der Waals surface area contributed by atoms with Gasteiger partial charge in [-0.25, -0.2) is 8.42 Å². The summed E-state index contributed by atoms with van der Waals surface area (Å²) in [7, 11) is -3.49. The molecule has 100 valence electrons. The fourth-order valence-electron chi connectivity index (χ4n) is 2.27. The molecular weight excluding hydrogens is 250 g/mol. The number of benzene rings is 1. The van der Waals surface area contributed by atoms with E-state index in [2.05, 4.69) is 0 Å². The summed E-state index contributed by atoms with van der Waals surface area (Å²) in [5.74, 6) is 0. The first-order valence-electron chi connectivity index (χ1n) is 6.01. The summed E-state index contributed by atoms with van der Waals surface area (Å²) in [6.45, 7) is 7.77. The first-order chi connectivity index (χ1) is 8.23. The van der Waals surface area contributed by atoms with Gasteiger partial charge in [-0.05, 0) is 39.8 Å². The van der Waals surface area contributed by atoms with Crippen molar-refractivity contribution in [3.8, 4) is 0 Å². The van der Waals surface area contributed by atoms with Gasteiger partial charge in [0.2, 0.25) is 10.0 Å². The monoisotopic (exact) mass is 269 g/mol. The third-order valence-corrected chi connectivity index (χ3v) is 5.16. The van der Waals surface area contributed by atoms with Gasteiger partial charge in [0.25, 0.3) is 0 Å². The highest BCUT2D eigenvalue weighted by Gasteiger charge is 2.45. The molecule has 0 aliphatic carbocycles. The van der Waals surface area contributed by atoms with Crippen LogP contribution in [0.3, 0.4) is 0 Å². The van der Waals surface area contributed by atoms with Crippen molar-refractivity contribution in [3.63, 3.8) is 0 Å². The van der Waals surface area contributed by atoms with Gasteiger partial charge in [0.15, 0.2) is 0 Å². The minimum absolute atomic E-state index is 0.0831. The van der Waals surface area contributed by atoms with Crippen LogP contribution in [0.25, 0.3) is 0 Å². The maximum Gasteiger partial charge on any atom is 0.245 e. The molecule has 0 spiro atoms. The summed E-state index contributed by atoms with van der Waals surface area (Å²) < 4.78 is 32.2. The molecule has 1 fully saturated rings. The SMILES string of the molecule is Cc1ccc(S(=O)(=O)N2CC(C)OC2(C)C)cc1. The van der Waals surface area contributed by atoms with Gasteiger partial charge in [-0.1, -0.05) is 17.7 Å². The second-order valence-corrected chi connectivity index (χ2v) is 7.09. The first kappa shape index (κ1) is 13.5. The molecule has 1 atom stereocenters. The summed E-state index contributed by atoms with van der Waals surface area (Å²) in [5, 5.41) is 0. The van der Waals surface area contributed by atoms with E-state index in [0.717, 1.165) is 5.56 Å². The predicted octanol–water partition coefficient (Wildman–Crippen LogP) is 2.14. The number of nitrogens with zero attached hydrogens (tertiary/aromatic N) is 1. The molecule has 1 unspecified atom stereocenters. The van der Waals surface area contributed by atoms with Crippen LogP contribution < -0.4 is 0 Å². The van der Waals surface area contributed by atoms with Crippen molar-refractivity contribution in [2.24, 2.45) is 0 Å². The number of sulfonamides is 1. The Hall–Kier alpha value is -0.910. The minimum atomic E-state index is -3.49. The molecule has 5 heteroatoms. The standard InChI is InChI=1S/C13H19NO3S/c1-10-5-7-12(8-6-10)18(15,16)14-9-11(2)17-13(14,3)4/h5-8,11H,9H2,1-4H3. The van der Waals surface area contributed by atoms with Crippen LogP contribution in [0, 0.1) is 6.92 Å². The Bertz CT molecular complexity index is 534. The van der Waals surface area contributed by atoms with Crippen molar-refractivity contribution in [3.05, 3.63) is 29.8 Å². The van der Waals surface area contributed by atoms with E-state index in [9.17, 15) is 8.42 Å². The lowest BCUT2D eigenvalue weighted by Gasteiger charge is -2.28. The molecule has 4 nitrogen and oxygen atoms in total. The molecule has 18 heavy (non-hydrogen) atoms. The average molecular weight is 269 g/mol. The summed E-state index contributed by atoms with van der Waals surface area (Å²) in [5.41, 5.74) is 0.252. The van der Waals surface area contributed by atoms with E-state index in [-0.39, 0.29) is 6.10 Å². The molecule has 1 heterocycles. The summed E-state index contributed by atoms with van der Waals surface area (Å²) in [4.78, 5) is 0.318. The summed E-state index contributed by atoms with van der Waals surface area (Å²) in [6, 6.07) is 6.90. The Labute approximate surface area is 109 Å². The summed E-state index contributed by atoms with van der Waals surface area (Å²) >= 11 is 0. The van der Waals surface area contributed by atoms with Crippen LogP contribution >= 0.6 is 0 Å². The smallest absolute Gasteiger partial charge is 0.245 e. The highest BCUT2D eigenvalue weighted by molar-refractivity contribution is 7.89. The van der Waals surface area contributed by atoms with Gasteiger partial charge in [0, 0.05) is 6.54 Å². The topological polar surface area (TPSA) is 46.6 Å². The Morgan fingerprint density at radius 2 is 1.83 bits per heavy atom. The molecule has 1 aromatic rings. The minimum Gasteiger partial charge on any atom is -0.356 e. The van der Waals surface area contributed by atoms with Crippen LogP contribution in [0.15, 0.2) is 29.2 Å². The zero-order valence-corrected chi connectivity index (χ0v) is 12.0. The van der Waals surface area contributed by atoms with Gasteiger partial charge < -0.3 is 4.74 Å². The molecule has 1 aromatic carbocycles. The molecule has 1 aliphatic rings. The maximum absolute atomic E-state index is 12.6. The van der Waals surface area contributed by atoms with Crippen molar-refractivity contribution in [1.29, 1.82) is 0 Å². The zero-order chi connectivity index (χ0) is 13.6. The van der Waals surface area contributed by atoms with Crippen LogP contribution in [0.5, 0.6) is 0 Å². The molecule has 1 aliphatic heterocycles. The normalized spacial score (nSPS) is 24.3. The van der Waals surface area contributed by atoms with Gasteiger partial charge in [-0.3, -0.25) is 0 Å². The second-order valence-electron chi connectivity index (χ2n) is 5.22. The molecule has 0 aromatic heterocycles. The number of hydrogen-bond acceptors (Lipinski definition) is 3. The average Bonchev–Trinajstić information content (AvgIpc) is 2.53. The highest BCUT2D eigenvalue weighted by atomic mass is 32.2. The third-order valence-electron chi connectivity index (χ3n) is 3.12. The zero-order valence-electron chi connectivity index (χ0n) is 11.2. The molecule has 0 saturated carbocycles. The van der Waals surface area contributed by atoms with E-state index < -0.39 is 15.7 Å². The van der Waals surface area contributed by atoms with Crippen molar-refractivity contribution in [2.45, 2.75) is 44.4 Å². The second kappa shape index (κ2) is 4.33. The van der Waals surface area contributed by atoms with E-state index in [1.54, 1.807) is 38.1 Å². The van der Waals surface area contributed by atoms with Crippen molar-refractivity contribution in [1.82, 2.24) is 4.31 Å². The molecule has 1 saturated heterocycles. The molecule has 0 amide bonds. The number of aryl methyl sites for hydroxylation is 1. The van der Waals surface area contributed by atoms with E-state index in [0.29, 0.717) is 11.4 Å². The van der Waals surface area contributed by atoms with Crippen LogP contribution in [0.4, 0.5) is 0 Å². The van der Waals surface area contributed by atoms with Crippen LogP contribution in [0.2, 0.25) is 0 Å². The molecule has 0 radical (unpaired) electrons. The lowest BCUT2D eigenvalue weighted by Crippen LogP contribution is -2.43. The van der Waals surface area contributed by atoms with Crippen molar-refractivity contribution in [2.75, 3.05) is 6.54 Å². The fourth-order valence-corrected chi connectivity index (χ4v) is 4.03. The first-order valence-corrected chi connectivity index (χ1v) is 7.45. The van der Waals surface area contributed by atoms with Gasteiger partial charge in [-0.2, -0.15) is 4.31 Å². The largest absolute Gasteiger partial charge is 0.356 e. The van der Waals surface area contributed by atoms with Gasteiger partial charge in [0.1, 0.15) is 5.72 Å². The molecule has 2 rings (SSSR count). The fraction of sp³-hybridized carbons (Fsp3) is 0.538. The quantitative estimate of drug-likeness (QED) is 0.826. The van der Waals surface area contributed by atoms with Gasteiger partial charge >= 0.3 is 0 Å². The summed E-state index contributed by atoms with van der Waals surface area (Å²) in [6.07, 6.45) is -0.0831. The van der Waals surface area contributed by atoms with E-state index >= 15 is 0 Å². The maximum atomic E-state index is 12.6. The molecule has 0 N–H and O–H groups in total.